The molecule has 3 aromatic heterocycles. The number of hydrogen-bond acceptors (Lipinski definition) is 5. The van der Waals surface area contributed by atoms with Crippen molar-refractivity contribution in [1.29, 1.82) is 0 Å². The number of fused-ring (bicyclic) bond motifs is 2. The smallest absolute Gasteiger partial charge is 0.274 e. The Hall–Kier alpha value is -3.19. The van der Waals surface area contributed by atoms with Crippen LogP contribution in [0.3, 0.4) is 0 Å². The molecule has 4 heterocycles. The van der Waals surface area contributed by atoms with Gasteiger partial charge >= 0.3 is 0 Å². The van der Waals surface area contributed by atoms with Gasteiger partial charge in [0.1, 0.15) is 5.76 Å². The van der Waals surface area contributed by atoms with Crippen LogP contribution in [0.5, 0.6) is 0 Å². The van der Waals surface area contributed by atoms with Crippen molar-refractivity contribution in [1.82, 2.24) is 24.7 Å². The van der Waals surface area contributed by atoms with E-state index < -0.39 is 0 Å². The minimum atomic E-state index is -0.122. The Labute approximate surface area is 178 Å². The van der Waals surface area contributed by atoms with Crippen molar-refractivity contribution in [2.75, 3.05) is 6.54 Å². The van der Waals surface area contributed by atoms with Gasteiger partial charge in [0.2, 0.25) is 0 Å². The van der Waals surface area contributed by atoms with E-state index in [4.69, 9.17) is 16.1 Å². The molecule has 0 fully saturated rings. The fourth-order valence-corrected chi connectivity index (χ4v) is 4.52. The van der Waals surface area contributed by atoms with Crippen LogP contribution in [-0.4, -0.2) is 37.1 Å². The fraction of sp³-hybridized carbons (Fsp3) is 0.273. The molecular formula is C22H20ClN5O2. The van der Waals surface area contributed by atoms with Gasteiger partial charge < -0.3 is 9.42 Å². The first kappa shape index (κ1) is 18.8. The topological polar surface area (TPSA) is 76.5 Å². The van der Waals surface area contributed by atoms with Crippen LogP contribution >= 0.6 is 11.6 Å². The zero-order valence-corrected chi connectivity index (χ0v) is 17.6. The Morgan fingerprint density at radius 1 is 1.30 bits per heavy atom. The van der Waals surface area contributed by atoms with Gasteiger partial charge in [-0.05, 0) is 43.9 Å². The Balaban J connectivity index is 1.56. The molecule has 1 unspecified atom stereocenters. The zero-order valence-electron chi connectivity index (χ0n) is 16.9. The zero-order chi connectivity index (χ0) is 21.0. The number of nitrogens with zero attached hydrogens (tertiary/aromatic N) is 5. The van der Waals surface area contributed by atoms with Gasteiger partial charge in [0, 0.05) is 24.4 Å². The molecule has 1 amide bonds. The highest BCUT2D eigenvalue weighted by atomic mass is 35.5. The van der Waals surface area contributed by atoms with Crippen LogP contribution in [0.4, 0.5) is 0 Å². The molecule has 1 aromatic carbocycles. The first-order valence-corrected chi connectivity index (χ1v) is 10.2. The molecule has 0 saturated carbocycles. The number of aromatic nitrogens is 4. The highest BCUT2D eigenvalue weighted by molar-refractivity contribution is 6.30. The largest absolute Gasteiger partial charge is 0.361 e. The average molecular weight is 422 g/mol. The molecule has 1 aliphatic heterocycles. The van der Waals surface area contributed by atoms with Crippen molar-refractivity contribution in [3.63, 3.8) is 0 Å². The van der Waals surface area contributed by atoms with E-state index in [1.54, 1.807) is 18.5 Å². The third-order valence-corrected chi connectivity index (χ3v) is 5.96. The molecule has 152 valence electrons. The maximum absolute atomic E-state index is 13.4. The molecule has 0 radical (unpaired) electrons. The van der Waals surface area contributed by atoms with Gasteiger partial charge in [-0.15, -0.1) is 0 Å². The molecule has 30 heavy (non-hydrogen) atoms. The summed E-state index contributed by atoms with van der Waals surface area (Å²) in [6, 6.07) is 7.84. The van der Waals surface area contributed by atoms with Gasteiger partial charge in [-0.25, -0.2) is 9.50 Å². The van der Waals surface area contributed by atoms with E-state index in [-0.39, 0.29) is 11.9 Å². The van der Waals surface area contributed by atoms with Crippen molar-refractivity contribution >= 4 is 23.2 Å². The number of halogens is 1. The van der Waals surface area contributed by atoms with Gasteiger partial charge in [-0.1, -0.05) is 35.0 Å². The number of aryl methyl sites for hydroxylation is 2. The number of hydrogen-bond donors (Lipinski definition) is 0. The van der Waals surface area contributed by atoms with Crippen LogP contribution in [0.15, 0.2) is 41.2 Å². The van der Waals surface area contributed by atoms with Crippen molar-refractivity contribution in [3.05, 3.63) is 70.0 Å². The van der Waals surface area contributed by atoms with Gasteiger partial charge in [-0.3, -0.25) is 4.79 Å². The second-order valence-electron chi connectivity index (χ2n) is 7.61. The Morgan fingerprint density at radius 2 is 2.13 bits per heavy atom. The van der Waals surface area contributed by atoms with E-state index in [1.165, 1.54) is 10.1 Å². The molecule has 0 spiro atoms. The predicted octanol–water partition coefficient (Wildman–Crippen LogP) is 4.41. The number of rotatable bonds is 2. The highest BCUT2D eigenvalue weighted by Gasteiger charge is 2.32. The molecular weight excluding hydrogens is 402 g/mol. The van der Waals surface area contributed by atoms with Gasteiger partial charge in [-0.2, -0.15) is 5.10 Å². The number of amides is 1. The second-order valence-corrected chi connectivity index (χ2v) is 8.04. The van der Waals surface area contributed by atoms with Gasteiger partial charge in [0.25, 0.3) is 5.91 Å². The minimum Gasteiger partial charge on any atom is -0.361 e. The maximum Gasteiger partial charge on any atom is 0.274 e. The fourth-order valence-electron chi connectivity index (χ4n) is 4.38. The monoisotopic (exact) mass is 421 g/mol. The Bertz CT molecular complexity index is 1270. The van der Waals surface area contributed by atoms with Gasteiger partial charge in [0.15, 0.2) is 11.3 Å². The van der Waals surface area contributed by atoms with Crippen molar-refractivity contribution < 1.29 is 9.32 Å². The van der Waals surface area contributed by atoms with Crippen LogP contribution in [-0.2, 0) is 6.42 Å². The van der Waals surface area contributed by atoms with Crippen molar-refractivity contribution in [2.45, 2.75) is 33.2 Å². The maximum atomic E-state index is 13.4. The van der Waals surface area contributed by atoms with Crippen molar-refractivity contribution in [2.24, 2.45) is 0 Å². The molecule has 4 aromatic rings. The van der Waals surface area contributed by atoms with E-state index in [0.29, 0.717) is 22.9 Å². The quantitative estimate of drug-likeness (QED) is 0.479. The third-order valence-electron chi connectivity index (χ3n) is 5.77. The summed E-state index contributed by atoms with van der Waals surface area (Å²) in [7, 11) is 0. The summed E-state index contributed by atoms with van der Waals surface area (Å²) in [5, 5.41) is 8.97. The Kier molecular flexibility index (Phi) is 4.36. The summed E-state index contributed by atoms with van der Waals surface area (Å²) >= 11 is 6.00. The van der Waals surface area contributed by atoms with Gasteiger partial charge in [0.05, 0.1) is 23.0 Å². The van der Waals surface area contributed by atoms with Crippen LogP contribution < -0.4 is 0 Å². The Morgan fingerprint density at radius 3 is 2.90 bits per heavy atom. The summed E-state index contributed by atoms with van der Waals surface area (Å²) < 4.78 is 6.94. The molecule has 0 bridgehead atoms. The molecule has 1 atom stereocenters. The lowest BCUT2D eigenvalue weighted by Crippen LogP contribution is -2.39. The predicted molar refractivity (Wildman–Crippen MR) is 113 cm³/mol. The summed E-state index contributed by atoms with van der Waals surface area (Å²) in [6.45, 7) is 6.54. The second kappa shape index (κ2) is 6.95. The minimum absolute atomic E-state index is 0.118. The van der Waals surface area contributed by atoms with Crippen LogP contribution in [0.25, 0.3) is 16.8 Å². The molecule has 0 saturated heterocycles. The summed E-state index contributed by atoms with van der Waals surface area (Å²) in [5.41, 5.74) is 6.24. The molecule has 7 nitrogen and oxygen atoms in total. The number of carbonyl (C=O) groups is 1. The van der Waals surface area contributed by atoms with E-state index in [1.807, 2.05) is 18.7 Å². The van der Waals surface area contributed by atoms with E-state index >= 15 is 0 Å². The molecule has 0 N–H and O–H groups in total. The molecule has 8 heteroatoms. The van der Waals surface area contributed by atoms with Crippen molar-refractivity contribution in [3.8, 4) is 11.1 Å². The average Bonchev–Trinajstić information content (AvgIpc) is 3.30. The molecule has 5 rings (SSSR count). The lowest BCUT2D eigenvalue weighted by Gasteiger charge is -2.36. The van der Waals surface area contributed by atoms with Crippen LogP contribution in [0.1, 0.15) is 46.0 Å². The highest BCUT2D eigenvalue weighted by Crippen LogP contribution is 2.40. The number of carbonyl (C=O) groups excluding carboxylic acids is 1. The normalized spacial score (nSPS) is 16.1. The first-order valence-electron chi connectivity index (χ1n) is 9.81. The van der Waals surface area contributed by atoms with Crippen LogP contribution in [0.2, 0.25) is 5.02 Å². The van der Waals surface area contributed by atoms with E-state index in [2.05, 4.69) is 40.4 Å². The third kappa shape index (κ3) is 2.89. The van der Waals surface area contributed by atoms with E-state index in [9.17, 15) is 4.79 Å². The SMILES string of the molecule is Cc1noc(C)c1-c1cccc2c1C(C)N(C(=O)c1cc3ncc(Cl)cn3n1)CC2. The molecule has 0 aliphatic carbocycles. The first-order chi connectivity index (χ1) is 14.4. The summed E-state index contributed by atoms with van der Waals surface area (Å²) in [4.78, 5) is 19.5. The lowest BCUT2D eigenvalue weighted by atomic mass is 9.86. The standard InChI is InChI=1S/C22H20ClN5O2/c1-12-20(14(3)30-26-12)17-6-4-5-15-7-8-27(13(2)21(15)17)22(29)18-9-19-24-10-16(23)11-28(19)25-18/h4-6,9-11,13H,7-8H2,1-3H3. The van der Waals surface area contributed by atoms with E-state index in [0.717, 1.165) is 34.6 Å². The lowest BCUT2D eigenvalue weighted by molar-refractivity contribution is 0.0672. The van der Waals surface area contributed by atoms with Crippen LogP contribution in [0, 0.1) is 13.8 Å². The summed E-state index contributed by atoms with van der Waals surface area (Å²) in [6.07, 6.45) is 3.97. The molecule has 1 aliphatic rings. The summed E-state index contributed by atoms with van der Waals surface area (Å²) in [5.74, 6) is 0.656. The number of benzene rings is 1.